The first-order valence-electron chi connectivity index (χ1n) is 7.46. The molecule has 21 heavy (non-hydrogen) atoms. The Morgan fingerprint density at radius 1 is 1.33 bits per heavy atom. The van der Waals surface area contributed by atoms with Crippen molar-refractivity contribution in [2.75, 3.05) is 6.54 Å². The van der Waals surface area contributed by atoms with Crippen LogP contribution in [0.1, 0.15) is 31.4 Å². The van der Waals surface area contributed by atoms with Gasteiger partial charge < -0.3 is 5.32 Å². The van der Waals surface area contributed by atoms with Gasteiger partial charge in [-0.2, -0.15) is 0 Å². The number of rotatable bonds is 5. The standard InChI is InChI=1S/C16H19N3OS/c20-15(12-5-1-2-6-12)18-10-8-13-11-21-16(19-13)14-7-3-4-9-17-14/h3-4,7,9,11-12H,1-2,5-6,8,10H2,(H,18,20). The third-order valence-corrected chi connectivity index (χ3v) is 4.76. The maximum Gasteiger partial charge on any atom is 0.223 e. The van der Waals surface area contributed by atoms with Crippen LogP contribution >= 0.6 is 11.3 Å². The van der Waals surface area contributed by atoms with E-state index in [1.165, 1.54) is 12.8 Å². The maximum atomic E-state index is 11.9. The molecule has 0 saturated heterocycles. The van der Waals surface area contributed by atoms with Crippen LogP contribution in [0.25, 0.3) is 10.7 Å². The second kappa shape index (κ2) is 6.80. The first-order chi connectivity index (χ1) is 10.3. The highest BCUT2D eigenvalue weighted by Crippen LogP contribution is 2.24. The minimum absolute atomic E-state index is 0.215. The number of thiazole rings is 1. The zero-order valence-corrected chi connectivity index (χ0v) is 12.7. The number of hydrogen-bond donors (Lipinski definition) is 1. The van der Waals surface area contributed by atoms with E-state index in [4.69, 9.17) is 0 Å². The third-order valence-electron chi connectivity index (χ3n) is 3.84. The molecule has 0 unspecified atom stereocenters. The number of nitrogens with zero attached hydrogens (tertiary/aromatic N) is 2. The number of aromatic nitrogens is 2. The van der Waals surface area contributed by atoms with Crippen molar-refractivity contribution in [1.29, 1.82) is 0 Å². The Morgan fingerprint density at radius 3 is 2.95 bits per heavy atom. The molecule has 5 heteroatoms. The van der Waals surface area contributed by atoms with E-state index in [1.807, 2.05) is 23.6 Å². The molecule has 110 valence electrons. The van der Waals surface area contributed by atoms with E-state index in [1.54, 1.807) is 17.5 Å². The van der Waals surface area contributed by atoms with Crippen molar-refractivity contribution < 1.29 is 4.79 Å². The molecule has 1 saturated carbocycles. The van der Waals surface area contributed by atoms with Crippen molar-refractivity contribution >= 4 is 17.2 Å². The Morgan fingerprint density at radius 2 is 2.19 bits per heavy atom. The maximum absolute atomic E-state index is 11.9. The van der Waals surface area contributed by atoms with Gasteiger partial charge in [-0.1, -0.05) is 18.9 Å². The summed E-state index contributed by atoms with van der Waals surface area (Å²) in [5, 5.41) is 6.02. The molecule has 0 radical (unpaired) electrons. The van der Waals surface area contributed by atoms with E-state index in [-0.39, 0.29) is 11.8 Å². The fourth-order valence-corrected chi connectivity index (χ4v) is 3.50. The quantitative estimate of drug-likeness (QED) is 0.923. The topological polar surface area (TPSA) is 54.9 Å². The Hall–Kier alpha value is -1.75. The molecule has 3 rings (SSSR count). The SMILES string of the molecule is O=C(NCCc1csc(-c2ccccn2)n1)C1CCCC1. The van der Waals surface area contributed by atoms with Crippen LogP contribution in [0.15, 0.2) is 29.8 Å². The van der Waals surface area contributed by atoms with Gasteiger partial charge in [0.25, 0.3) is 0 Å². The number of amides is 1. The molecule has 1 aliphatic rings. The van der Waals surface area contributed by atoms with Crippen molar-refractivity contribution in [3.63, 3.8) is 0 Å². The summed E-state index contributed by atoms with van der Waals surface area (Å²) in [6, 6.07) is 5.83. The second-order valence-electron chi connectivity index (χ2n) is 5.38. The van der Waals surface area contributed by atoms with Crippen LogP contribution in [0.4, 0.5) is 0 Å². The summed E-state index contributed by atoms with van der Waals surface area (Å²) in [6.07, 6.45) is 7.04. The van der Waals surface area contributed by atoms with E-state index in [0.29, 0.717) is 6.54 Å². The van der Waals surface area contributed by atoms with Crippen molar-refractivity contribution in [2.24, 2.45) is 5.92 Å². The molecule has 1 fully saturated rings. The number of pyridine rings is 1. The lowest BCUT2D eigenvalue weighted by Crippen LogP contribution is -2.30. The van der Waals surface area contributed by atoms with E-state index in [9.17, 15) is 4.79 Å². The molecule has 1 aliphatic carbocycles. The van der Waals surface area contributed by atoms with Gasteiger partial charge in [0, 0.05) is 30.5 Å². The minimum Gasteiger partial charge on any atom is -0.355 e. The van der Waals surface area contributed by atoms with Crippen LogP contribution in [-0.4, -0.2) is 22.4 Å². The Kier molecular flexibility index (Phi) is 4.60. The van der Waals surface area contributed by atoms with E-state index >= 15 is 0 Å². The van der Waals surface area contributed by atoms with Gasteiger partial charge in [-0.3, -0.25) is 9.78 Å². The molecule has 0 bridgehead atoms. The average molecular weight is 301 g/mol. The lowest BCUT2D eigenvalue weighted by molar-refractivity contribution is -0.124. The largest absolute Gasteiger partial charge is 0.355 e. The number of hydrogen-bond acceptors (Lipinski definition) is 4. The minimum atomic E-state index is 0.215. The summed E-state index contributed by atoms with van der Waals surface area (Å²) >= 11 is 1.60. The van der Waals surface area contributed by atoms with Crippen LogP contribution in [0, 0.1) is 5.92 Å². The van der Waals surface area contributed by atoms with E-state index in [0.717, 1.165) is 35.7 Å². The molecule has 0 spiro atoms. The first-order valence-corrected chi connectivity index (χ1v) is 8.34. The van der Waals surface area contributed by atoms with Gasteiger partial charge in [-0.15, -0.1) is 11.3 Å². The predicted molar refractivity (Wildman–Crippen MR) is 84.0 cm³/mol. The highest BCUT2D eigenvalue weighted by molar-refractivity contribution is 7.13. The molecule has 4 nitrogen and oxygen atoms in total. The van der Waals surface area contributed by atoms with Crippen LogP contribution in [0.3, 0.4) is 0 Å². The molecule has 1 amide bonds. The van der Waals surface area contributed by atoms with Crippen molar-refractivity contribution in [3.05, 3.63) is 35.5 Å². The molecule has 0 atom stereocenters. The smallest absolute Gasteiger partial charge is 0.223 e. The Labute approximate surface area is 128 Å². The Bertz CT molecular complexity index is 591. The molecule has 1 N–H and O–H groups in total. The van der Waals surface area contributed by atoms with Crippen LogP contribution < -0.4 is 5.32 Å². The van der Waals surface area contributed by atoms with Gasteiger partial charge in [0.2, 0.25) is 5.91 Å². The fourth-order valence-electron chi connectivity index (χ4n) is 2.67. The van der Waals surface area contributed by atoms with Crippen LogP contribution in [-0.2, 0) is 11.2 Å². The summed E-state index contributed by atoms with van der Waals surface area (Å²) in [5.41, 5.74) is 1.93. The molecule has 0 aliphatic heterocycles. The lowest BCUT2D eigenvalue weighted by Gasteiger charge is -2.09. The third kappa shape index (κ3) is 3.67. The second-order valence-corrected chi connectivity index (χ2v) is 6.24. The molecule has 2 heterocycles. The Balaban J connectivity index is 1.50. The highest BCUT2D eigenvalue weighted by Gasteiger charge is 2.21. The summed E-state index contributed by atoms with van der Waals surface area (Å²) in [7, 11) is 0. The summed E-state index contributed by atoms with van der Waals surface area (Å²) in [4.78, 5) is 20.8. The highest BCUT2D eigenvalue weighted by atomic mass is 32.1. The van der Waals surface area contributed by atoms with Gasteiger partial charge in [-0.25, -0.2) is 4.98 Å². The monoisotopic (exact) mass is 301 g/mol. The molecular weight excluding hydrogens is 282 g/mol. The van der Waals surface area contributed by atoms with E-state index in [2.05, 4.69) is 15.3 Å². The zero-order valence-electron chi connectivity index (χ0n) is 11.9. The van der Waals surface area contributed by atoms with Gasteiger partial charge in [0.05, 0.1) is 11.4 Å². The number of carbonyl (C=O) groups excluding carboxylic acids is 1. The molecular formula is C16H19N3OS. The molecule has 2 aromatic heterocycles. The predicted octanol–water partition coefficient (Wildman–Crippen LogP) is 3.05. The van der Waals surface area contributed by atoms with Gasteiger partial charge in [0.1, 0.15) is 5.01 Å². The number of nitrogens with one attached hydrogen (secondary N) is 1. The summed E-state index contributed by atoms with van der Waals surface area (Å²) in [6.45, 7) is 0.667. The number of carbonyl (C=O) groups is 1. The molecule has 2 aromatic rings. The van der Waals surface area contributed by atoms with Gasteiger partial charge in [-0.05, 0) is 25.0 Å². The van der Waals surface area contributed by atoms with Crippen LogP contribution in [0.5, 0.6) is 0 Å². The van der Waals surface area contributed by atoms with Gasteiger partial charge >= 0.3 is 0 Å². The summed E-state index contributed by atoms with van der Waals surface area (Å²) < 4.78 is 0. The van der Waals surface area contributed by atoms with E-state index < -0.39 is 0 Å². The van der Waals surface area contributed by atoms with Crippen molar-refractivity contribution in [1.82, 2.24) is 15.3 Å². The lowest BCUT2D eigenvalue weighted by atomic mass is 10.1. The zero-order chi connectivity index (χ0) is 14.5. The molecule has 0 aromatic carbocycles. The first kappa shape index (κ1) is 14.2. The van der Waals surface area contributed by atoms with Gasteiger partial charge in [0.15, 0.2) is 0 Å². The van der Waals surface area contributed by atoms with Crippen molar-refractivity contribution in [3.8, 4) is 10.7 Å². The normalized spacial score (nSPS) is 15.2. The summed E-state index contributed by atoms with van der Waals surface area (Å²) in [5.74, 6) is 0.456. The van der Waals surface area contributed by atoms with Crippen LogP contribution in [0.2, 0.25) is 0 Å². The fraction of sp³-hybridized carbons (Fsp3) is 0.438. The average Bonchev–Trinajstić information content (AvgIpc) is 3.20. The van der Waals surface area contributed by atoms with Crippen molar-refractivity contribution in [2.45, 2.75) is 32.1 Å².